The van der Waals surface area contributed by atoms with Crippen molar-refractivity contribution in [2.24, 2.45) is 0 Å². The normalized spacial score (nSPS) is 18.3. The van der Waals surface area contributed by atoms with E-state index in [1.807, 2.05) is 12.1 Å². The van der Waals surface area contributed by atoms with E-state index < -0.39 is 10.0 Å². The molecule has 0 aromatic heterocycles. The molecule has 1 amide bonds. The molecule has 0 bridgehead atoms. The number of sulfonamides is 1. The van der Waals surface area contributed by atoms with E-state index >= 15 is 0 Å². The summed E-state index contributed by atoms with van der Waals surface area (Å²) in [4.78, 5) is 12.4. The Morgan fingerprint density at radius 3 is 2.57 bits per heavy atom. The Balaban J connectivity index is 1.59. The molecule has 0 spiro atoms. The van der Waals surface area contributed by atoms with Crippen molar-refractivity contribution in [1.82, 2.24) is 10.0 Å². The van der Waals surface area contributed by atoms with Gasteiger partial charge in [0.15, 0.2) is 0 Å². The molecule has 1 aliphatic carbocycles. The van der Waals surface area contributed by atoms with Gasteiger partial charge in [-0.1, -0.05) is 61.8 Å². The molecule has 28 heavy (non-hydrogen) atoms. The number of carbonyl (C=O) groups is 1. The summed E-state index contributed by atoms with van der Waals surface area (Å²) in [6.07, 6.45) is 1.90. The summed E-state index contributed by atoms with van der Waals surface area (Å²) < 4.78 is 27.1. The second-order valence-corrected chi connectivity index (χ2v) is 9.85. The highest BCUT2D eigenvalue weighted by molar-refractivity contribution is 7.89. The van der Waals surface area contributed by atoms with Crippen LogP contribution in [0, 0.1) is 0 Å². The minimum absolute atomic E-state index is 0.0131. The summed E-state index contributed by atoms with van der Waals surface area (Å²) in [6.45, 7) is 4.44. The highest BCUT2D eigenvalue weighted by Crippen LogP contribution is 2.41. The lowest BCUT2D eigenvalue weighted by Crippen LogP contribution is -2.37. The first-order chi connectivity index (χ1) is 13.2. The molecule has 2 aromatic carbocycles. The van der Waals surface area contributed by atoms with Gasteiger partial charge in [0.2, 0.25) is 15.9 Å². The molecular formula is C21H25ClN2O3S. The lowest BCUT2D eigenvalue weighted by molar-refractivity contribution is -0.121. The van der Waals surface area contributed by atoms with E-state index in [0.717, 1.165) is 18.4 Å². The Morgan fingerprint density at radius 1 is 1.14 bits per heavy atom. The highest BCUT2D eigenvalue weighted by atomic mass is 35.5. The van der Waals surface area contributed by atoms with Crippen molar-refractivity contribution in [2.45, 2.75) is 49.5 Å². The molecule has 1 aliphatic rings. The molecule has 5 nitrogen and oxygen atoms in total. The molecule has 1 unspecified atom stereocenters. The van der Waals surface area contributed by atoms with Crippen LogP contribution < -0.4 is 10.0 Å². The number of amides is 1. The van der Waals surface area contributed by atoms with Crippen LogP contribution in [0.5, 0.6) is 0 Å². The Kier molecular flexibility index (Phi) is 6.12. The average molecular weight is 421 g/mol. The van der Waals surface area contributed by atoms with Crippen LogP contribution >= 0.6 is 11.6 Å². The van der Waals surface area contributed by atoms with Crippen LogP contribution in [0.4, 0.5) is 0 Å². The molecule has 0 heterocycles. The molecule has 0 saturated carbocycles. The van der Waals surface area contributed by atoms with Gasteiger partial charge in [0, 0.05) is 13.0 Å². The second-order valence-electron chi connectivity index (χ2n) is 7.71. The maximum atomic E-state index is 12.4. The number of halogens is 1. The van der Waals surface area contributed by atoms with Gasteiger partial charge < -0.3 is 5.32 Å². The van der Waals surface area contributed by atoms with Crippen LogP contribution in [0.25, 0.3) is 0 Å². The molecule has 0 saturated heterocycles. The van der Waals surface area contributed by atoms with Crippen molar-refractivity contribution in [1.29, 1.82) is 0 Å². The molecule has 1 atom stereocenters. The first-order valence-electron chi connectivity index (χ1n) is 9.34. The lowest BCUT2D eigenvalue weighted by Gasteiger charge is -2.37. The maximum absolute atomic E-state index is 12.4. The van der Waals surface area contributed by atoms with Gasteiger partial charge in [-0.2, -0.15) is 0 Å². The molecule has 0 radical (unpaired) electrons. The zero-order valence-corrected chi connectivity index (χ0v) is 17.6. The van der Waals surface area contributed by atoms with Gasteiger partial charge in [0.25, 0.3) is 0 Å². The number of hydrogen-bond donors (Lipinski definition) is 2. The summed E-state index contributed by atoms with van der Waals surface area (Å²) in [5.41, 5.74) is 2.48. The molecule has 7 heteroatoms. The predicted octanol–water partition coefficient (Wildman–Crippen LogP) is 3.94. The van der Waals surface area contributed by atoms with Crippen LogP contribution in [0.2, 0.25) is 5.02 Å². The largest absolute Gasteiger partial charge is 0.349 e. The molecule has 150 valence electrons. The Labute approximate surface area is 171 Å². The number of carbonyl (C=O) groups excluding carboxylic acids is 1. The van der Waals surface area contributed by atoms with E-state index in [4.69, 9.17) is 11.6 Å². The fourth-order valence-electron chi connectivity index (χ4n) is 3.67. The van der Waals surface area contributed by atoms with E-state index in [1.54, 1.807) is 12.1 Å². The monoisotopic (exact) mass is 420 g/mol. The second kappa shape index (κ2) is 8.23. The van der Waals surface area contributed by atoms with E-state index in [9.17, 15) is 13.2 Å². The van der Waals surface area contributed by atoms with Crippen LogP contribution in [0.3, 0.4) is 0 Å². The third kappa shape index (κ3) is 4.57. The van der Waals surface area contributed by atoms with Gasteiger partial charge in [0.1, 0.15) is 4.90 Å². The number of benzene rings is 2. The molecule has 2 N–H and O–H groups in total. The van der Waals surface area contributed by atoms with E-state index in [0.29, 0.717) is 0 Å². The van der Waals surface area contributed by atoms with Crippen molar-refractivity contribution in [2.75, 3.05) is 6.54 Å². The van der Waals surface area contributed by atoms with E-state index in [2.05, 4.69) is 36.0 Å². The summed E-state index contributed by atoms with van der Waals surface area (Å²) in [5, 5.41) is 3.20. The first kappa shape index (κ1) is 20.8. The van der Waals surface area contributed by atoms with Crippen molar-refractivity contribution < 1.29 is 13.2 Å². The van der Waals surface area contributed by atoms with Crippen molar-refractivity contribution in [3.63, 3.8) is 0 Å². The summed E-state index contributed by atoms with van der Waals surface area (Å²) in [5.74, 6) is -0.179. The van der Waals surface area contributed by atoms with Gasteiger partial charge in [-0.15, -0.1) is 0 Å². The van der Waals surface area contributed by atoms with Crippen LogP contribution in [0.15, 0.2) is 53.4 Å². The minimum atomic E-state index is -3.75. The zero-order chi connectivity index (χ0) is 20.4. The van der Waals surface area contributed by atoms with Crippen molar-refractivity contribution >= 4 is 27.5 Å². The van der Waals surface area contributed by atoms with Crippen LogP contribution in [0.1, 0.15) is 50.3 Å². The Bertz CT molecular complexity index is 973. The predicted molar refractivity (Wildman–Crippen MR) is 111 cm³/mol. The standard InChI is InChI=1S/C21H25ClN2O3S/c1-21(2)13-11-18(15-7-3-4-8-16(15)21)24-20(25)12-14-23-28(26,27)19-10-6-5-9-17(19)22/h3-10,18,23H,11-14H2,1-2H3,(H,24,25). The zero-order valence-electron chi connectivity index (χ0n) is 16.0. The van der Waals surface area contributed by atoms with Gasteiger partial charge >= 0.3 is 0 Å². The lowest BCUT2D eigenvalue weighted by atomic mass is 9.71. The number of hydrogen-bond acceptors (Lipinski definition) is 3. The van der Waals surface area contributed by atoms with Crippen LogP contribution in [-0.2, 0) is 20.2 Å². The van der Waals surface area contributed by atoms with Gasteiger partial charge in [0.05, 0.1) is 11.1 Å². The molecule has 3 rings (SSSR count). The Hall–Kier alpha value is -1.89. The average Bonchev–Trinajstić information content (AvgIpc) is 2.64. The first-order valence-corrected chi connectivity index (χ1v) is 11.2. The number of fused-ring (bicyclic) bond motifs is 1. The topological polar surface area (TPSA) is 75.3 Å². The van der Waals surface area contributed by atoms with Crippen molar-refractivity contribution in [3.05, 3.63) is 64.7 Å². The Morgan fingerprint density at radius 2 is 1.82 bits per heavy atom. The van der Waals surface area contributed by atoms with Crippen molar-refractivity contribution in [3.8, 4) is 0 Å². The third-order valence-electron chi connectivity index (χ3n) is 5.23. The molecule has 0 fully saturated rings. The number of nitrogens with one attached hydrogen (secondary N) is 2. The highest BCUT2D eigenvalue weighted by Gasteiger charge is 2.32. The third-order valence-corrected chi connectivity index (χ3v) is 7.19. The molecular weight excluding hydrogens is 396 g/mol. The summed E-state index contributed by atoms with van der Waals surface area (Å²) >= 11 is 5.95. The van der Waals surface area contributed by atoms with E-state index in [-0.39, 0.29) is 40.2 Å². The summed E-state index contributed by atoms with van der Waals surface area (Å²) in [6, 6.07) is 14.4. The quantitative estimate of drug-likeness (QED) is 0.743. The summed E-state index contributed by atoms with van der Waals surface area (Å²) in [7, 11) is -3.75. The molecule has 2 aromatic rings. The fraction of sp³-hybridized carbons (Fsp3) is 0.381. The smallest absolute Gasteiger partial charge is 0.242 e. The van der Waals surface area contributed by atoms with E-state index in [1.165, 1.54) is 17.7 Å². The van der Waals surface area contributed by atoms with Gasteiger partial charge in [-0.05, 0) is 41.5 Å². The number of rotatable bonds is 6. The SMILES string of the molecule is CC1(C)CCC(NC(=O)CCNS(=O)(=O)c2ccccc2Cl)c2ccccc21. The van der Waals surface area contributed by atoms with Crippen LogP contribution in [-0.4, -0.2) is 20.9 Å². The molecule has 0 aliphatic heterocycles. The maximum Gasteiger partial charge on any atom is 0.242 e. The fourth-order valence-corrected chi connectivity index (χ4v) is 5.22. The van der Waals surface area contributed by atoms with Gasteiger partial charge in [-0.3, -0.25) is 4.79 Å². The van der Waals surface area contributed by atoms with Gasteiger partial charge in [-0.25, -0.2) is 13.1 Å². The minimum Gasteiger partial charge on any atom is -0.349 e.